The zero-order valence-electron chi connectivity index (χ0n) is 15.7. The van der Waals surface area contributed by atoms with Gasteiger partial charge in [-0.3, -0.25) is 14.5 Å². The predicted molar refractivity (Wildman–Crippen MR) is 98.6 cm³/mol. The van der Waals surface area contributed by atoms with Gasteiger partial charge in [0.25, 0.3) is 0 Å². The number of likely N-dealkylation sites (tertiary alicyclic amines) is 1. The van der Waals surface area contributed by atoms with E-state index in [1.54, 1.807) is 21.1 Å². The van der Waals surface area contributed by atoms with E-state index in [0.717, 1.165) is 18.7 Å². The standard InChI is InChI=1S/C15H21N3O3S.C2HF3O2/c1-12(20)18-8-14(21)17(13-2-7-22-9-13)11-15(18)3-4-16(10-15)5-6-19;3-2(4,5)1(6)7/h2,7,9,19H,3-6,8,10-11H2,1H3;(H,6,7). The number of carbonyl (C=O) groups is 3. The van der Waals surface area contributed by atoms with Crippen LogP contribution in [0.1, 0.15) is 13.3 Å². The van der Waals surface area contributed by atoms with Crippen LogP contribution in [-0.4, -0.2) is 88.8 Å². The average Bonchev–Trinajstić information content (AvgIpc) is 3.27. The summed E-state index contributed by atoms with van der Waals surface area (Å²) in [6.45, 7) is 4.48. The van der Waals surface area contributed by atoms with Crippen LogP contribution < -0.4 is 4.90 Å². The number of anilines is 1. The number of amides is 2. The number of hydrogen-bond acceptors (Lipinski definition) is 6. The largest absolute Gasteiger partial charge is 0.490 e. The van der Waals surface area contributed by atoms with E-state index in [2.05, 4.69) is 4.90 Å². The third kappa shape index (κ3) is 5.46. The van der Waals surface area contributed by atoms with Crippen LogP contribution >= 0.6 is 11.3 Å². The van der Waals surface area contributed by atoms with Crippen LogP contribution in [0.25, 0.3) is 0 Å². The van der Waals surface area contributed by atoms with Gasteiger partial charge in [0, 0.05) is 31.9 Å². The Morgan fingerprint density at radius 1 is 1.31 bits per heavy atom. The van der Waals surface area contributed by atoms with Crippen LogP contribution in [0.15, 0.2) is 16.8 Å². The van der Waals surface area contributed by atoms with Crippen molar-refractivity contribution >= 4 is 34.8 Å². The maximum Gasteiger partial charge on any atom is 0.490 e. The third-order valence-electron chi connectivity index (χ3n) is 4.89. The van der Waals surface area contributed by atoms with Crippen molar-refractivity contribution < 1.29 is 37.8 Å². The van der Waals surface area contributed by atoms with E-state index in [-0.39, 0.29) is 30.5 Å². The lowest BCUT2D eigenvalue weighted by atomic mass is 9.92. The number of alkyl halides is 3. The minimum atomic E-state index is -5.08. The van der Waals surface area contributed by atoms with E-state index in [0.29, 0.717) is 19.6 Å². The summed E-state index contributed by atoms with van der Waals surface area (Å²) >= 11 is 1.56. The molecule has 3 heterocycles. The van der Waals surface area contributed by atoms with Crippen molar-refractivity contribution in [1.82, 2.24) is 9.80 Å². The van der Waals surface area contributed by atoms with Crippen LogP contribution in [-0.2, 0) is 14.4 Å². The average molecular weight is 437 g/mol. The van der Waals surface area contributed by atoms with Crippen molar-refractivity contribution in [3.05, 3.63) is 16.8 Å². The number of β-amino-alcohol motifs (C(OH)–C–C–N with tert-alkyl or cyclic N) is 1. The van der Waals surface area contributed by atoms with Gasteiger partial charge in [-0.05, 0) is 17.9 Å². The molecule has 2 fully saturated rings. The lowest BCUT2D eigenvalue weighted by Gasteiger charge is -2.48. The van der Waals surface area contributed by atoms with Crippen LogP contribution in [0, 0.1) is 0 Å². The summed E-state index contributed by atoms with van der Waals surface area (Å²) in [5, 5.41) is 20.2. The first kappa shape index (κ1) is 23.1. The minimum absolute atomic E-state index is 0.0279. The van der Waals surface area contributed by atoms with Crippen molar-refractivity contribution in [2.45, 2.75) is 25.1 Å². The van der Waals surface area contributed by atoms with Gasteiger partial charge in [-0.2, -0.15) is 24.5 Å². The molecule has 1 unspecified atom stereocenters. The molecule has 3 rings (SSSR count). The molecule has 0 bridgehead atoms. The molecule has 2 amide bonds. The fraction of sp³-hybridized carbons (Fsp3) is 0.588. The molecule has 1 atom stereocenters. The number of carboxylic acids is 1. The summed E-state index contributed by atoms with van der Waals surface area (Å²) in [4.78, 5) is 39.1. The summed E-state index contributed by atoms with van der Waals surface area (Å²) in [5.41, 5.74) is 0.579. The fourth-order valence-corrected chi connectivity index (χ4v) is 4.21. The Morgan fingerprint density at radius 3 is 2.45 bits per heavy atom. The fourth-order valence-electron chi connectivity index (χ4n) is 3.57. The summed E-state index contributed by atoms with van der Waals surface area (Å²) in [6, 6.07) is 1.94. The Labute approximate surface area is 169 Å². The number of aliphatic carboxylic acids is 1. The molecule has 2 aliphatic rings. The smallest absolute Gasteiger partial charge is 0.475 e. The number of hydrogen-bond donors (Lipinski definition) is 2. The van der Waals surface area contributed by atoms with Crippen LogP contribution in [0.3, 0.4) is 0 Å². The zero-order chi connectivity index (χ0) is 21.8. The molecule has 0 saturated carbocycles. The number of rotatable bonds is 3. The second-order valence-electron chi connectivity index (χ2n) is 6.84. The summed E-state index contributed by atoms with van der Waals surface area (Å²) in [5.74, 6) is -2.84. The summed E-state index contributed by atoms with van der Waals surface area (Å²) in [7, 11) is 0. The first-order valence-corrected chi connectivity index (χ1v) is 9.68. The van der Waals surface area contributed by atoms with Gasteiger partial charge in [-0.25, -0.2) is 4.79 Å². The highest BCUT2D eigenvalue weighted by Crippen LogP contribution is 2.34. The molecule has 8 nitrogen and oxygen atoms in total. The molecular weight excluding hydrogens is 415 g/mol. The molecular formula is C17H22F3N3O5S. The Hall–Kier alpha value is -2.18. The van der Waals surface area contributed by atoms with Crippen LogP contribution in [0.2, 0.25) is 0 Å². The first-order chi connectivity index (χ1) is 13.5. The van der Waals surface area contributed by atoms with Crippen molar-refractivity contribution in [3.8, 4) is 0 Å². The minimum Gasteiger partial charge on any atom is -0.475 e. The van der Waals surface area contributed by atoms with Crippen molar-refractivity contribution in [2.24, 2.45) is 0 Å². The quantitative estimate of drug-likeness (QED) is 0.732. The topological polar surface area (TPSA) is 101 Å². The second kappa shape index (κ2) is 9.09. The Kier molecular flexibility index (Phi) is 7.25. The van der Waals surface area contributed by atoms with Gasteiger partial charge in [-0.15, -0.1) is 0 Å². The zero-order valence-corrected chi connectivity index (χ0v) is 16.5. The summed E-state index contributed by atoms with van der Waals surface area (Å²) < 4.78 is 31.7. The highest BCUT2D eigenvalue weighted by Gasteiger charge is 2.50. The van der Waals surface area contributed by atoms with Gasteiger partial charge in [0.1, 0.15) is 6.54 Å². The number of thiophene rings is 1. The first-order valence-electron chi connectivity index (χ1n) is 8.74. The number of aliphatic hydroxyl groups excluding tert-OH is 1. The highest BCUT2D eigenvalue weighted by atomic mass is 32.1. The number of carbonyl (C=O) groups excluding carboxylic acids is 2. The van der Waals surface area contributed by atoms with Gasteiger partial charge in [0.2, 0.25) is 11.8 Å². The number of piperazine rings is 1. The normalized spacial score (nSPS) is 22.6. The monoisotopic (exact) mass is 437 g/mol. The molecule has 2 aliphatic heterocycles. The second-order valence-corrected chi connectivity index (χ2v) is 7.62. The molecule has 1 aromatic rings. The lowest BCUT2D eigenvalue weighted by molar-refractivity contribution is -0.192. The molecule has 1 spiro atoms. The third-order valence-corrected chi connectivity index (χ3v) is 5.56. The van der Waals surface area contributed by atoms with E-state index < -0.39 is 12.1 Å². The molecule has 1 aromatic heterocycles. The van der Waals surface area contributed by atoms with Gasteiger partial charge in [0.05, 0.1) is 24.4 Å². The maximum atomic E-state index is 12.4. The lowest BCUT2D eigenvalue weighted by Crippen LogP contribution is -2.66. The molecule has 0 aromatic carbocycles. The number of halogens is 3. The summed E-state index contributed by atoms with van der Waals surface area (Å²) in [6.07, 6.45) is -4.25. The van der Waals surface area contributed by atoms with Gasteiger partial charge < -0.3 is 20.0 Å². The Morgan fingerprint density at radius 2 is 1.97 bits per heavy atom. The molecule has 162 valence electrons. The molecule has 2 saturated heterocycles. The van der Waals surface area contributed by atoms with E-state index >= 15 is 0 Å². The molecule has 12 heteroatoms. The van der Waals surface area contributed by atoms with Gasteiger partial charge in [-0.1, -0.05) is 0 Å². The molecule has 0 radical (unpaired) electrons. The van der Waals surface area contributed by atoms with E-state index in [1.165, 1.54) is 6.92 Å². The number of aliphatic hydroxyl groups is 1. The highest BCUT2D eigenvalue weighted by molar-refractivity contribution is 7.08. The maximum absolute atomic E-state index is 12.4. The molecule has 29 heavy (non-hydrogen) atoms. The Balaban J connectivity index is 0.000000370. The van der Waals surface area contributed by atoms with Crippen LogP contribution in [0.4, 0.5) is 18.9 Å². The molecule has 2 N–H and O–H groups in total. The SMILES string of the molecule is CC(=O)N1CC(=O)N(c2ccsc2)CC12CCN(CCO)C2.O=C(O)C(F)(F)F. The van der Waals surface area contributed by atoms with Gasteiger partial charge in [0.15, 0.2) is 0 Å². The number of carboxylic acid groups (broad SMARTS) is 1. The van der Waals surface area contributed by atoms with Crippen molar-refractivity contribution in [3.63, 3.8) is 0 Å². The Bertz CT molecular complexity index is 743. The number of nitrogens with zero attached hydrogens (tertiary/aromatic N) is 3. The van der Waals surface area contributed by atoms with E-state index in [4.69, 9.17) is 15.0 Å². The van der Waals surface area contributed by atoms with Crippen molar-refractivity contribution in [2.75, 3.05) is 44.2 Å². The van der Waals surface area contributed by atoms with E-state index in [1.807, 2.05) is 16.8 Å². The van der Waals surface area contributed by atoms with Crippen LogP contribution in [0.5, 0.6) is 0 Å². The predicted octanol–water partition coefficient (Wildman–Crippen LogP) is 1.01. The van der Waals surface area contributed by atoms with Gasteiger partial charge >= 0.3 is 12.1 Å². The molecule has 0 aliphatic carbocycles. The van der Waals surface area contributed by atoms with E-state index in [9.17, 15) is 22.8 Å². The van der Waals surface area contributed by atoms with Crippen molar-refractivity contribution in [1.29, 1.82) is 0 Å².